The molecule has 82 valence electrons. The van der Waals surface area contributed by atoms with Crippen molar-refractivity contribution in [2.75, 3.05) is 0 Å². The van der Waals surface area contributed by atoms with Crippen LogP contribution in [0.3, 0.4) is 0 Å². The van der Waals surface area contributed by atoms with Crippen LogP contribution in [0.2, 0.25) is 0 Å². The quantitative estimate of drug-likeness (QED) is 0.806. The number of primary amides is 1. The van der Waals surface area contributed by atoms with Gasteiger partial charge in [0.1, 0.15) is 6.61 Å². The molecule has 0 heterocycles. The first-order valence-electron chi connectivity index (χ1n) is 5.23. The van der Waals surface area contributed by atoms with E-state index in [9.17, 15) is 4.79 Å². The van der Waals surface area contributed by atoms with Crippen LogP contribution in [0.15, 0.2) is 24.3 Å². The Balaban J connectivity index is 2.63. The lowest BCUT2D eigenvalue weighted by Gasteiger charge is -2.08. The van der Waals surface area contributed by atoms with E-state index in [0.717, 1.165) is 24.8 Å². The second-order valence-corrected chi connectivity index (χ2v) is 3.48. The molecule has 0 fully saturated rings. The van der Waals surface area contributed by atoms with Gasteiger partial charge in [0.05, 0.1) is 0 Å². The number of unbranched alkanes of at least 4 members (excludes halogenated alkanes) is 1. The Morgan fingerprint density at radius 2 is 2.00 bits per heavy atom. The third-order valence-electron chi connectivity index (χ3n) is 2.29. The molecule has 15 heavy (non-hydrogen) atoms. The summed E-state index contributed by atoms with van der Waals surface area (Å²) >= 11 is 0. The average molecular weight is 207 g/mol. The van der Waals surface area contributed by atoms with Gasteiger partial charge in [-0.2, -0.15) is 0 Å². The number of nitrogens with two attached hydrogens (primary N) is 1. The van der Waals surface area contributed by atoms with Gasteiger partial charge in [-0.15, -0.1) is 0 Å². The van der Waals surface area contributed by atoms with Gasteiger partial charge < -0.3 is 10.5 Å². The topological polar surface area (TPSA) is 52.3 Å². The van der Waals surface area contributed by atoms with E-state index in [1.165, 1.54) is 5.56 Å². The Kier molecular flexibility index (Phi) is 4.68. The second-order valence-electron chi connectivity index (χ2n) is 3.48. The van der Waals surface area contributed by atoms with Gasteiger partial charge in [-0.3, -0.25) is 0 Å². The molecule has 3 heteroatoms. The maximum Gasteiger partial charge on any atom is 0.404 e. The van der Waals surface area contributed by atoms with Crippen LogP contribution in [-0.2, 0) is 17.8 Å². The fourth-order valence-electron chi connectivity index (χ4n) is 1.46. The largest absolute Gasteiger partial charge is 0.445 e. The first-order chi connectivity index (χ1) is 7.24. The van der Waals surface area contributed by atoms with Crippen molar-refractivity contribution in [3.63, 3.8) is 0 Å². The van der Waals surface area contributed by atoms with Crippen LogP contribution < -0.4 is 5.73 Å². The summed E-state index contributed by atoms with van der Waals surface area (Å²) in [6.07, 6.45) is 2.60. The zero-order chi connectivity index (χ0) is 11.1. The normalized spacial score (nSPS) is 9.93. The number of amides is 1. The number of hydrogen-bond donors (Lipinski definition) is 1. The number of hydrogen-bond acceptors (Lipinski definition) is 2. The van der Waals surface area contributed by atoms with E-state index >= 15 is 0 Å². The molecule has 1 aromatic carbocycles. The highest BCUT2D eigenvalue weighted by molar-refractivity contribution is 5.64. The summed E-state index contributed by atoms with van der Waals surface area (Å²) in [6, 6.07) is 7.97. The van der Waals surface area contributed by atoms with Crippen LogP contribution in [0.1, 0.15) is 30.9 Å². The molecule has 0 saturated heterocycles. The minimum absolute atomic E-state index is 0.273. The molecule has 0 aliphatic carbocycles. The van der Waals surface area contributed by atoms with Gasteiger partial charge in [0.15, 0.2) is 0 Å². The van der Waals surface area contributed by atoms with Gasteiger partial charge in [-0.1, -0.05) is 37.6 Å². The number of rotatable bonds is 5. The fourth-order valence-corrected chi connectivity index (χ4v) is 1.46. The highest BCUT2D eigenvalue weighted by atomic mass is 16.5. The Hall–Kier alpha value is -1.51. The molecule has 0 saturated carbocycles. The van der Waals surface area contributed by atoms with E-state index in [1.807, 2.05) is 18.2 Å². The predicted octanol–water partition coefficient (Wildman–Crippen LogP) is 2.62. The molecule has 0 aliphatic rings. The number of carbonyl (C=O) groups is 1. The summed E-state index contributed by atoms with van der Waals surface area (Å²) in [5.41, 5.74) is 7.21. The molecule has 0 atom stereocenters. The van der Waals surface area contributed by atoms with E-state index in [4.69, 9.17) is 10.5 Å². The number of carbonyl (C=O) groups excluding carboxylic acids is 1. The van der Waals surface area contributed by atoms with Crippen molar-refractivity contribution in [1.82, 2.24) is 0 Å². The lowest BCUT2D eigenvalue weighted by molar-refractivity contribution is 0.150. The standard InChI is InChI=1S/C12H17NO2/c1-2-3-6-10-7-4-5-8-11(10)9-15-12(13)14/h4-5,7-8H,2-3,6,9H2,1H3,(H2,13,14). The minimum atomic E-state index is -0.722. The van der Waals surface area contributed by atoms with Crippen molar-refractivity contribution in [2.45, 2.75) is 32.8 Å². The summed E-state index contributed by atoms with van der Waals surface area (Å²) in [7, 11) is 0. The van der Waals surface area contributed by atoms with Crippen molar-refractivity contribution in [1.29, 1.82) is 0 Å². The van der Waals surface area contributed by atoms with E-state index in [-0.39, 0.29) is 6.61 Å². The molecule has 1 aromatic rings. The van der Waals surface area contributed by atoms with E-state index in [2.05, 4.69) is 13.0 Å². The summed E-state index contributed by atoms with van der Waals surface area (Å²) in [6.45, 7) is 2.43. The average Bonchev–Trinajstić information content (AvgIpc) is 2.24. The molecule has 2 N–H and O–H groups in total. The number of aryl methyl sites for hydroxylation is 1. The highest BCUT2D eigenvalue weighted by Crippen LogP contribution is 2.13. The zero-order valence-corrected chi connectivity index (χ0v) is 9.03. The van der Waals surface area contributed by atoms with Crippen LogP contribution >= 0.6 is 0 Å². The van der Waals surface area contributed by atoms with Crippen molar-refractivity contribution in [3.8, 4) is 0 Å². The van der Waals surface area contributed by atoms with Gasteiger partial charge in [-0.25, -0.2) is 4.79 Å². The van der Waals surface area contributed by atoms with Crippen LogP contribution in [0.25, 0.3) is 0 Å². The first-order valence-corrected chi connectivity index (χ1v) is 5.23. The van der Waals surface area contributed by atoms with Gasteiger partial charge in [-0.05, 0) is 24.0 Å². The van der Waals surface area contributed by atoms with E-state index < -0.39 is 6.09 Å². The zero-order valence-electron chi connectivity index (χ0n) is 9.03. The summed E-state index contributed by atoms with van der Waals surface area (Å²) < 4.78 is 4.79. The highest BCUT2D eigenvalue weighted by Gasteiger charge is 2.02. The van der Waals surface area contributed by atoms with Crippen molar-refractivity contribution >= 4 is 6.09 Å². The molecule has 0 unspecified atom stereocenters. The monoisotopic (exact) mass is 207 g/mol. The SMILES string of the molecule is CCCCc1ccccc1COC(N)=O. The predicted molar refractivity (Wildman–Crippen MR) is 59.4 cm³/mol. The fraction of sp³-hybridized carbons (Fsp3) is 0.417. The Bertz CT molecular complexity index is 323. The molecular weight excluding hydrogens is 190 g/mol. The number of benzene rings is 1. The third kappa shape index (κ3) is 4.02. The van der Waals surface area contributed by atoms with Crippen LogP contribution in [0, 0.1) is 0 Å². The Labute approximate surface area is 90.2 Å². The van der Waals surface area contributed by atoms with E-state index in [0.29, 0.717) is 0 Å². The van der Waals surface area contributed by atoms with Crippen LogP contribution in [0.4, 0.5) is 4.79 Å². The molecule has 0 aromatic heterocycles. The maximum atomic E-state index is 10.5. The summed E-state index contributed by atoms with van der Waals surface area (Å²) in [4.78, 5) is 10.5. The Morgan fingerprint density at radius 3 is 2.60 bits per heavy atom. The van der Waals surface area contributed by atoms with Gasteiger partial charge in [0.25, 0.3) is 0 Å². The summed E-state index contributed by atoms with van der Waals surface area (Å²) in [5.74, 6) is 0. The third-order valence-corrected chi connectivity index (χ3v) is 2.29. The first kappa shape index (κ1) is 11.6. The molecule has 0 radical (unpaired) electrons. The molecule has 0 aliphatic heterocycles. The number of ether oxygens (including phenoxy) is 1. The lowest BCUT2D eigenvalue weighted by atomic mass is 10.0. The second kappa shape index (κ2) is 6.06. The lowest BCUT2D eigenvalue weighted by Crippen LogP contribution is -2.13. The molecule has 1 amide bonds. The van der Waals surface area contributed by atoms with Crippen molar-refractivity contribution in [3.05, 3.63) is 35.4 Å². The molecule has 0 bridgehead atoms. The van der Waals surface area contributed by atoms with Gasteiger partial charge in [0.2, 0.25) is 0 Å². The molecular formula is C12H17NO2. The molecule has 1 rings (SSSR count). The Morgan fingerprint density at radius 1 is 1.33 bits per heavy atom. The van der Waals surface area contributed by atoms with Crippen LogP contribution in [0.5, 0.6) is 0 Å². The minimum Gasteiger partial charge on any atom is -0.445 e. The van der Waals surface area contributed by atoms with Crippen molar-refractivity contribution in [2.24, 2.45) is 5.73 Å². The summed E-state index contributed by atoms with van der Waals surface area (Å²) in [5, 5.41) is 0. The van der Waals surface area contributed by atoms with E-state index in [1.54, 1.807) is 0 Å². The van der Waals surface area contributed by atoms with Gasteiger partial charge in [0, 0.05) is 0 Å². The maximum absolute atomic E-state index is 10.5. The smallest absolute Gasteiger partial charge is 0.404 e. The van der Waals surface area contributed by atoms with Crippen molar-refractivity contribution < 1.29 is 9.53 Å². The molecule has 3 nitrogen and oxygen atoms in total. The van der Waals surface area contributed by atoms with Gasteiger partial charge >= 0.3 is 6.09 Å². The van der Waals surface area contributed by atoms with Crippen LogP contribution in [-0.4, -0.2) is 6.09 Å². The molecule has 0 spiro atoms.